The van der Waals surface area contributed by atoms with Crippen molar-refractivity contribution in [3.8, 4) is 0 Å². The summed E-state index contributed by atoms with van der Waals surface area (Å²) in [5.74, 6) is 0. The molecule has 1 rings (SSSR count). The van der Waals surface area contributed by atoms with Crippen LogP contribution in [0.15, 0.2) is 12.2 Å². The van der Waals surface area contributed by atoms with E-state index in [-0.39, 0.29) is 0 Å². The highest BCUT2D eigenvalue weighted by Crippen LogP contribution is 2.16. The fraction of sp³-hybridized carbons (Fsp3) is 0.583. The molecule has 1 aromatic heterocycles. The number of rotatable bonds is 4. The van der Waals surface area contributed by atoms with E-state index < -0.39 is 6.10 Å². The van der Waals surface area contributed by atoms with Crippen molar-refractivity contribution < 1.29 is 5.11 Å². The summed E-state index contributed by atoms with van der Waals surface area (Å²) in [7, 11) is 1.95. The van der Waals surface area contributed by atoms with Gasteiger partial charge in [-0.2, -0.15) is 5.10 Å². The third kappa shape index (κ3) is 2.69. The minimum Gasteiger partial charge on any atom is -0.389 e. The summed E-state index contributed by atoms with van der Waals surface area (Å²) in [6.45, 7) is 9.67. The second kappa shape index (κ2) is 4.62. The first-order valence-corrected chi connectivity index (χ1v) is 5.26. The van der Waals surface area contributed by atoms with E-state index in [2.05, 4.69) is 18.6 Å². The number of aryl methyl sites for hydroxylation is 2. The van der Waals surface area contributed by atoms with Crippen molar-refractivity contribution in [1.29, 1.82) is 0 Å². The molecule has 3 nitrogen and oxygen atoms in total. The van der Waals surface area contributed by atoms with Crippen LogP contribution in [0.1, 0.15) is 30.3 Å². The molecule has 15 heavy (non-hydrogen) atoms. The van der Waals surface area contributed by atoms with Crippen molar-refractivity contribution in [2.45, 2.75) is 39.7 Å². The highest BCUT2D eigenvalue weighted by Gasteiger charge is 2.11. The Labute approximate surface area is 91.4 Å². The zero-order valence-corrected chi connectivity index (χ0v) is 10.0. The van der Waals surface area contributed by atoms with Crippen LogP contribution in [-0.4, -0.2) is 21.0 Å². The maximum absolute atomic E-state index is 9.65. The number of aromatic nitrogens is 2. The predicted molar refractivity (Wildman–Crippen MR) is 61.8 cm³/mol. The molecular formula is C12H20N2O. The zero-order valence-electron chi connectivity index (χ0n) is 10.0. The molecule has 0 radical (unpaired) electrons. The number of aliphatic hydroxyl groups is 1. The molecule has 0 aliphatic carbocycles. The number of hydrogen-bond acceptors (Lipinski definition) is 2. The molecule has 1 aromatic rings. The Morgan fingerprint density at radius 1 is 1.53 bits per heavy atom. The number of nitrogens with zero attached hydrogens (tertiary/aromatic N) is 2. The third-order valence-electron chi connectivity index (χ3n) is 2.90. The van der Waals surface area contributed by atoms with Crippen LogP contribution in [0.4, 0.5) is 0 Å². The lowest BCUT2D eigenvalue weighted by Crippen LogP contribution is -2.09. The van der Waals surface area contributed by atoms with Crippen molar-refractivity contribution in [2.75, 3.05) is 0 Å². The Kier molecular flexibility index (Phi) is 3.69. The lowest BCUT2D eigenvalue weighted by atomic mass is 10.0. The Morgan fingerprint density at radius 2 is 2.13 bits per heavy atom. The van der Waals surface area contributed by atoms with Gasteiger partial charge in [0.05, 0.1) is 11.8 Å². The molecule has 0 aromatic carbocycles. The minimum atomic E-state index is -0.399. The first-order chi connectivity index (χ1) is 6.93. The van der Waals surface area contributed by atoms with E-state index in [1.807, 2.05) is 25.6 Å². The van der Waals surface area contributed by atoms with Crippen molar-refractivity contribution in [3.05, 3.63) is 29.1 Å². The summed E-state index contributed by atoms with van der Waals surface area (Å²) in [4.78, 5) is 0. The maximum atomic E-state index is 9.65. The van der Waals surface area contributed by atoms with Gasteiger partial charge in [-0.15, -0.1) is 0 Å². The topological polar surface area (TPSA) is 38.1 Å². The van der Waals surface area contributed by atoms with Gasteiger partial charge in [0.1, 0.15) is 0 Å². The fourth-order valence-electron chi connectivity index (χ4n) is 1.71. The summed E-state index contributed by atoms with van der Waals surface area (Å²) in [6.07, 6.45) is 1.19. The molecule has 0 aliphatic rings. The van der Waals surface area contributed by atoms with Crippen molar-refractivity contribution in [2.24, 2.45) is 7.05 Å². The predicted octanol–water partition coefficient (Wildman–Crippen LogP) is 1.91. The zero-order chi connectivity index (χ0) is 11.6. The van der Waals surface area contributed by atoms with Crippen molar-refractivity contribution in [1.82, 2.24) is 9.78 Å². The molecule has 0 bridgehead atoms. The first-order valence-electron chi connectivity index (χ1n) is 5.26. The summed E-state index contributed by atoms with van der Waals surface area (Å²) in [5.41, 5.74) is 4.32. The van der Waals surface area contributed by atoms with E-state index in [1.54, 1.807) is 0 Å². The van der Waals surface area contributed by atoms with Crippen LogP contribution in [0.2, 0.25) is 0 Å². The number of hydrogen-bond donors (Lipinski definition) is 1. The molecule has 84 valence electrons. The smallest absolute Gasteiger partial charge is 0.0748 e. The van der Waals surface area contributed by atoms with Gasteiger partial charge in [-0.3, -0.25) is 4.68 Å². The average Bonchev–Trinajstić information content (AvgIpc) is 2.38. The molecule has 0 amide bonds. The van der Waals surface area contributed by atoms with Crippen LogP contribution in [0.3, 0.4) is 0 Å². The first kappa shape index (κ1) is 12.0. The molecule has 0 fully saturated rings. The van der Waals surface area contributed by atoms with Gasteiger partial charge in [-0.25, -0.2) is 0 Å². The van der Waals surface area contributed by atoms with E-state index in [4.69, 9.17) is 0 Å². The molecule has 0 saturated carbocycles. The van der Waals surface area contributed by atoms with Gasteiger partial charge < -0.3 is 5.11 Å². The van der Waals surface area contributed by atoms with E-state index in [1.165, 1.54) is 11.3 Å². The van der Waals surface area contributed by atoms with Crippen LogP contribution in [0.25, 0.3) is 0 Å². The quantitative estimate of drug-likeness (QED) is 0.767. The Morgan fingerprint density at radius 3 is 2.53 bits per heavy atom. The fourth-order valence-corrected chi connectivity index (χ4v) is 1.71. The van der Waals surface area contributed by atoms with Crippen molar-refractivity contribution in [3.63, 3.8) is 0 Å². The summed E-state index contributed by atoms with van der Waals surface area (Å²) in [5, 5.41) is 14.0. The lowest BCUT2D eigenvalue weighted by Gasteiger charge is -2.09. The Hall–Kier alpha value is -1.09. The second-order valence-corrected chi connectivity index (χ2v) is 4.17. The summed E-state index contributed by atoms with van der Waals surface area (Å²) in [6, 6.07) is 0. The Bertz CT molecular complexity index is 366. The van der Waals surface area contributed by atoms with Gasteiger partial charge in [-0.05, 0) is 39.2 Å². The maximum Gasteiger partial charge on any atom is 0.0748 e. The molecule has 1 heterocycles. The molecule has 1 N–H and O–H groups in total. The van der Waals surface area contributed by atoms with Crippen LogP contribution in [-0.2, 0) is 13.5 Å². The van der Waals surface area contributed by atoms with Gasteiger partial charge >= 0.3 is 0 Å². The molecule has 1 unspecified atom stereocenters. The second-order valence-electron chi connectivity index (χ2n) is 4.17. The van der Waals surface area contributed by atoms with Crippen molar-refractivity contribution >= 4 is 0 Å². The van der Waals surface area contributed by atoms with Gasteiger partial charge in [0, 0.05) is 12.7 Å². The van der Waals surface area contributed by atoms with Gasteiger partial charge in [-0.1, -0.05) is 12.2 Å². The highest BCUT2D eigenvalue weighted by atomic mass is 16.3. The molecule has 3 heteroatoms. The summed E-state index contributed by atoms with van der Waals surface area (Å²) < 4.78 is 1.89. The number of aliphatic hydroxyl groups excluding tert-OH is 1. The van der Waals surface area contributed by atoms with E-state index >= 15 is 0 Å². The van der Waals surface area contributed by atoms with E-state index in [9.17, 15) is 5.11 Å². The largest absolute Gasteiger partial charge is 0.389 e. The molecule has 0 aliphatic heterocycles. The monoisotopic (exact) mass is 208 g/mol. The highest BCUT2D eigenvalue weighted by molar-refractivity contribution is 5.24. The molecule has 0 spiro atoms. The lowest BCUT2D eigenvalue weighted by molar-refractivity contribution is 0.201. The normalized spacial score (nSPS) is 12.9. The van der Waals surface area contributed by atoms with Gasteiger partial charge in [0.2, 0.25) is 0 Å². The van der Waals surface area contributed by atoms with Gasteiger partial charge in [0.25, 0.3) is 0 Å². The SMILES string of the molecule is C=C(C)C(O)CCc1c(C)nn(C)c1C. The van der Waals surface area contributed by atoms with E-state index in [0.717, 1.165) is 24.1 Å². The molecule has 0 saturated heterocycles. The van der Waals surface area contributed by atoms with Crippen LogP contribution in [0.5, 0.6) is 0 Å². The molecular weight excluding hydrogens is 188 g/mol. The summed E-state index contributed by atoms with van der Waals surface area (Å²) >= 11 is 0. The minimum absolute atomic E-state index is 0.399. The van der Waals surface area contributed by atoms with E-state index in [0.29, 0.717) is 0 Å². The van der Waals surface area contributed by atoms with Gasteiger partial charge in [0.15, 0.2) is 0 Å². The molecule has 1 atom stereocenters. The average molecular weight is 208 g/mol. The Balaban J connectivity index is 2.69. The van der Waals surface area contributed by atoms with Crippen LogP contribution in [0, 0.1) is 13.8 Å². The third-order valence-corrected chi connectivity index (χ3v) is 2.90. The standard InChI is InChI=1S/C12H20N2O/c1-8(2)12(15)7-6-11-9(3)13-14(5)10(11)4/h12,15H,1,6-7H2,2-5H3. The van der Waals surface area contributed by atoms with Crippen LogP contribution >= 0.6 is 0 Å². The van der Waals surface area contributed by atoms with Crippen LogP contribution < -0.4 is 0 Å².